The molecule has 4 heterocycles. The van der Waals surface area contributed by atoms with E-state index in [2.05, 4.69) is 31.4 Å². The number of carboxylic acid groups (broad SMARTS) is 1. The summed E-state index contributed by atoms with van der Waals surface area (Å²) < 4.78 is 22.0. The molecule has 15 heteroatoms. The molecule has 3 aromatic rings. The van der Waals surface area contributed by atoms with Crippen LogP contribution in [-0.2, 0) is 25.7 Å². The third-order valence-electron chi connectivity index (χ3n) is 6.09. The summed E-state index contributed by atoms with van der Waals surface area (Å²) in [4.78, 5) is 45.8. The summed E-state index contributed by atoms with van der Waals surface area (Å²) in [6.45, 7) is 0.332. The molecule has 2 amide bonds. The van der Waals surface area contributed by atoms with Crippen LogP contribution in [0, 0.1) is 5.82 Å². The zero-order chi connectivity index (χ0) is 28.1. The molecule has 1 saturated heterocycles. The monoisotopic (exact) mass is 552 g/mol. The van der Waals surface area contributed by atoms with Gasteiger partial charge < -0.3 is 15.2 Å². The van der Waals surface area contributed by atoms with Gasteiger partial charge in [0.1, 0.15) is 18.0 Å². The van der Waals surface area contributed by atoms with Gasteiger partial charge in [-0.3, -0.25) is 35.1 Å². The summed E-state index contributed by atoms with van der Waals surface area (Å²) >= 11 is 0. The van der Waals surface area contributed by atoms with Gasteiger partial charge in [0.25, 0.3) is 0 Å². The average Bonchev–Trinajstić information content (AvgIpc) is 3.69. The number of rotatable bonds is 11. The Labute approximate surface area is 226 Å². The third kappa shape index (κ3) is 6.39. The van der Waals surface area contributed by atoms with Gasteiger partial charge in [-0.05, 0) is 30.3 Å². The van der Waals surface area contributed by atoms with Crippen molar-refractivity contribution in [3.8, 4) is 11.1 Å². The fraction of sp³-hybridized carbons (Fsp3) is 0.280. The molecule has 0 aliphatic carbocycles. The van der Waals surface area contributed by atoms with E-state index in [1.54, 1.807) is 41.2 Å². The van der Waals surface area contributed by atoms with E-state index in [1.165, 1.54) is 23.4 Å². The first-order valence-electron chi connectivity index (χ1n) is 12.3. The Balaban J connectivity index is 1.17. The van der Waals surface area contributed by atoms with E-state index < -0.39 is 30.1 Å². The lowest BCUT2D eigenvalue weighted by atomic mass is 10.1. The maximum atomic E-state index is 15.1. The van der Waals surface area contributed by atoms with Gasteiger partial charge in [-0.1, -0.05) is 11.3 Å². The molecule has 0 radical (unpaired) electrons. The molecule has 14 nitrogen and oxygen atoms in total. The molecular formula is C25H25FN8O6. The van der Waals surface area contributed by atoms with Crippen molar-refractivity contribution in [2.75, 3.05) is 31.1 Å². The summed E-state index contributed by atoms with van der Waals surface area (Å²) in [5.41, 5.74) is 5.13. The molecule has 208 valence electrons. The number of ether oxygens (including phenoxy) is 1. The fourth-order valence-corrected chi connectivity index (χ4v) is 4.18. The van der Waals surface area contributed by atoms with Crippen molar-refractivity contribution in [1.82, 2.24) is 36.1 Å². The highest BCUT2D eigenvalue weighted by molar-refractivity contribution is 5.90. The number of aromatic nitrogens is 4. The summed E-state index contributed by atoms with van der Waals surface area (Å²) in [5.74, 6) is -1.94. The number of amides is 2. The number of nitrogens with one attached hydrogen (secondary N) is 3. The van der Waals surface area contributed by atoms with Crippen molar-refractivity contribution in [2.24, 2.45) is 0 Å². The lowest BCUT2D eigenvalue weighted by Crippen LogP contribution is -2.39. The number of anilines is 1. The number of aliphatic carboxylic acids is 1. The van der Waals surface area contributed by atoms with Crippen molar-refractivity contribution in [3.05, 3.63) is 66.5 Å². The van der Waals surface area contributed by atoms with Crippen LogP contribution in [0.1, 0.15) is 5.69 Å². The highest BCUT2D eigenvalue weighted by Gasteiger charge is 2.33. The smallest absolute Gasteiger partial charge is 0.414 e. The van der Waals surface area contributed by atoms with E-state index in [0.29, 0.717) is 34.8 Å². The summed E-state index contributed by atoms with van der Waals surface area (Å²) in [7, 11) is 0. The normalized spacial score (nSPS) is 18.3. The van der Waals surface area contributed by atoms with Gasteiger partial charge in [0.15, 0.2) is 0 Å². The Morgan fingerprint density at radius 1 is 1.23 bits per heavy atom. The van der Waals surface area contributed by atoms with E-state index in [4.69, 9.17) is 14.7 Å². The van der Waals surface area contributed by atoms with Crippen molar-refractivity contribution in [1.29, 1.82) is 0 Å². The number of carbonyl (C=O) groups excluding carboxylic acids is 2. The highest BCUT2D eigenvalue weighted by Crippen LogP contribution is 2.29. The number of hydroxylamine groups is 1. The number of pyridine rings is 1. The van der Waals surface area contributed by atoms with Crippen LogP contribution < -0.4 is 21.0 Å². The van der Waals surface area contributed by atoms with Gasteiger partial charge >= 0.3 is 12.1 Å². The van der Waals surface area contributed by atoms with Crippen LogP contribution in [0.15, 0.2) is 55.0 Å². The molecule has 40 heavy (non-hydrogen) atoms. The maximum Gasteiger partial charge on any atom is 0.414 e. The van der Waals surface area contributed by atoms with Crippen LogP contribution in [0.4, 0.5) is 14.9 Å². The lowest BCUT2D eigenvalue weighted by molar-refractivity contribution is -0.136. The lowest BCUT2D eigenvalue weighted by Gasteiger charge is -2.14. The van der Waals surface area contributed by atoms with Gasteiger partial charge in [0.05, 0.1) is 56.0 Å². The molecule has 2 atom stereocenters. The summed E-state index contributed by atoms with van der Waals surface area (Å²) in [5, 5.41) is 21.3. The molecule has 2 aromatic heterocycles. The first kappa shape index (κ1) is 26.7. The topological polar surface area (TPSA) is 173 Å². The molecule has 2 aliphatic rings. The molecule has 1 aromatic carbocycles. The molecule has 1 fully saturated rings. The Kier molecular flexibility index (Phi) is 7.93. The number of carbonyl (C=O) groups is 3. The Hall–Kier alpha value is -4.89. The number of hydrogen-bond donors (Lipinski definition) is 4. The second-order valence-corrected chi connectivity index (χ2v) is 8.98. The van der Waals surface area contributed by atoms with E-state index in [9.17, 15) is 14.4 Å². The largest absolute Gasteiger partial charge is 0.480 e. The van der Waals surface area contributed by atoms with Gasteiger partial charge in [-0.2, -0.15) is 0 Å². The molecule has 0 saturated carbocycles. The molecule has 0 unspecified atom stereocenters. The van der Waals surface area contributed by atoms with E-state index >= 15 is 4.39 Å². The minimum atomic E-state index is -1.05. The number of nitrogens with zero attached hydrogens (tertiary/aromatic N) is 5. The average molecular weight is 553 g/mol. The van der Waals surface area contributed by atoms with Crippen molar-refractivity contribution in [3.63, 3.8) is 0 Å². The minimum absolute atomic E-state index is 0.129. The number of cyclic esters (lactones) is 1. The van der Waals surface area contributed by atoms with Crippen LogP contribution in [0.2, 0.25) is 0 Å². The molecule has 5 rings (SSSR count). The van der Waals surface area contributed by atoms with Crippen LogP contribution in [-0.4, -0.2) is 81.4 Å². The van der Waals surface area contributed by atoms with Gasteiger partial charge in [0.2, 0.25) is 5.91 Å². The predicted molar refractivity (Wildman–Crippen MR) is 137 cm³/mol. The quantitative estimate of drug-likeness (QED) is 0.261. The van der Waals surface area contributed by atoms with E-state index in [-0.39, 0.29) is 32.1 Å². The molecule has 0 bridgehead atoms. The Morgan fingerprint density at radius 3 is 2.83 bits per heavy atom. The Bertz CT molecular complexity index is 1420. The minimum Gasteiger partial charge on any atom is -0.480 e. The van der Waals surface area contributed by atoms with Crippen LogP contribution in [0.25, 0.3) is 16.8 Å². The molecule has 2 aliphatic heterocycles. The van der Waals surface area contributed by atoms with Crippen molar-refractivity contribution in [2.45, 2.75) is 18.8 Å². The fourth-order valence-electron chi connectivity index (χ4n) is 4.18. The SMILES string of the molecule is O=C(O)CNCC(=O)NC[C@@H]1C=C(c2ccc(-c3ccc(N4C[C@H](Cn5ccnn5)OC4=O)cc3F)cn2)NO1. The molecular weight excluding hydrogens is 527 g/mol. The van der Waals surface area contributed by atoms with Crippen LogP contribution in [0.5, 0.6) is 0 Å². The van der Waals surface area contributed by atoms with Gasteiger partial charge in [-0.25, -0.2) is 13.9 Å². The van der Waals surface area contributed by atoms with Crippen molar-refractivity contribution >= 4 is 29.4 Å². The number of hydrogen-bond acceptors (Lipinski definition) is 10. The predicted octanol–water partition coefficient (Wildman–Crippen LogP) is 0.539. The highest BCUT2D eigenvalue weighted by atomic mass is 19.1. The van der Waals surface area contributed by atoms with E-state index in [1.807, 2.05) is 0 Å². The Morgan fingerprint density at radius 2 is 2.10 bits per heavy atom. The first-order chi connectivity index (χ1) is 19.4. The van der Waals surface area contributed by atoms with E-state index in [0.717, 1.165) is 0 Å². The zero-order valence-corrected chi connectivity index (χ0v) is 21.0. The third-order valence-corrected chi connectivity index (χ3v) is 6.09. The number of carboxylic acids is 1. The standard InChI is InChI=1S/C25H25FN8O6/c26-20-7-16(34-14-18(39-25(34)38)13-33-6-5-30-32-33)2-3-19(20)15-1-4-21(28-9-15)22-8-17(40-31-22)10-29-23(35)11-27-12-24(36)37/h1-9,17-18,27,31H,10-14H2,(H,29,35)(H,36,37)/t17-,18-/m0/s1. The zero-order valence-electron chi connectivity index (χ0n) is 21.0. The van der Waals surface area contributed by atoms with Gasteiger partial charge in [-0.15, -0.1) is 5.10 Å². The van der Waals surface area contributed by atoms with Crippen molar-refractivity contribution < 1.29 is 33.5 Å². The summed E-state index contributed by atoms with van der Waals surface area (Å²) in [6, 6.07) is 7.93. The summed E-state index contributed by atoms with van der Waals surface area (Å²) in [6.07, 6.45) is 5.01. The van der Waals surface area contributed by atoms with Gasteiger partial charge in [0, 0.05) is 23.5 Å². The van der Waals surface area contributed by atoms with Crippen LogP contribution in [0.3, 0.4) is 0 Å². The maximum absolute atomic E-state index is 15.1. The van der Waals surface area contributed by atoms with Crippen LogP contribution >= 0.6 is 0 Å². The second-order valence-electron chi connectivity index (χ2n) is 8.98. The molecule has 4 N–H and O–H groups in total. The second kappa shape index (κ2) is 11.9. The number of halogens is 1. The number of benzene rings is 1. The first-order valence-corrected chi connectivity index (χ1v) is 12.3. The molecule has 0 spiro atoms.